The number of urea groups is 1. The summed E-state index contributed by atoms with van der Waals surface area (Å²) in [5, 5.41) is 7.29. The molecule has 160 valence electrons. The van der Waals surface area contributed by atoms with E-state index in [1.807, 2.05) is 0 Å². The van der Waals surface area contributed by atoms with E-state index in [4.69, 9.17) is 0 Å². The number of hydrogen-bond donors (Lipinski definition) is 3. The highest BCUT2D eigenvalue weighted by molar-refractivity contribution is 7.91. The summed E-state index contributed by atoms with van der Waals surface area (Å²) in [6.07, 6.45) is 0.319. The van der Waals surface area contributed by atoms with Crippen LogP contribution in [0.5, 0.6) is 0 Å². The fraction of sp³-hybridized carbons (Fsp3) is 0.500. The van der Waals surface area contributed by atoms with E-state index in [-0.39, 0.29) is 42.9 Å². The van der Waals surface area contributed by atoms with Crippen LogP contribution in [0.2, 0.25) is 0 Å². The number of hydrogen-bond acceptors (Lipinski definition) is 6. The first-order valence-corrected chi connectivity index (χ1v) is 11.0. The number of sulfone groups is 1. The van der Waals surface area contributed by atoms with E-state index in [0.717, 1.165) is 5.56 Å². The predicted molar refractivity (Wildman–Crippen MR) is 104 cm³/mol. The number of imide groups is 1. The molecule has 1 fully saturated rings. The van der Waals surface area contributed by atoms with E-state index in [1.54, 1.807) is 24.0 Å². The molecule has 11 heteroatoms. The van der Waals surface area contributed by atoms with Gasteiger partial charge in [-0.25, -0.2) is 17.6 Å². The van der Waals surface area contributed by atoms with Gasteiger partial charge in [-0.05, 0) is 30.7 Å². The summed E-state index contributed by atoms with van der Waals surface area (Å²) < 4.78 is 35.7. The predicted octanol–water partition coefficient (Wildman–Crippen LogP) is -0.223. The third kappa shape index (κ3) is 8.16. The number of halogens is 1. The molecule has 1 aromatic carbocycles. The molecule has 0 bridgehead atoms. The van der Waals surface area contributed by atoms with Gasteiger partial charge in [0.15, 0.2) is 9.84 Å². The average molecular weight is 428 g/mol. The average Bonchev–Trinajstić information content (AvgIpc) is 2.98. The molecule has 0 spiro atoms. The SMILES string of the molecule is CCN(CC(=O)NCc1ccc(F)cc1)CC(=O)NC(=O)NC1CCS(=O)(=O)C1. The van der Waals surface area contributed by atoms with Crippen molar-refractivity contribution >= 4 is 27.7 Å². The molecule has 2 rings (SSSR count). The molecule has 4 amide bonds. The Morgan fingerprint density at radius 2 is 1.79 bits per heavy atom. The zero-order chi connectivity index (χ0) is 21.4. The zero-order valence-electron chi connectivity index (χ0n) is 16.1. The van der Waals surface area contributed by atoms with Crippen molar-refractivity contribution in [3.05, 3.63) is 35.6 Å². The van der Waals surface area contributed by atoms with E-state index in [2.05, 4.69) is 16.0 Å². The molecule has 1 aromatic rings. The smallest absolute Gasteiger partial charge is 0.321 e. The maximum Gasteiger partial charge on any atom is 0.321 e. The number of rotatable bonds is 8. The molecule has 29 heavy (non-hydrogen) atoms. The van der Waals surface area contributed by atoms with Crippen LogP contribution in [-0.4, -0.2) is 68.3 Å². The van der Waals surface area contributed by atoms with Gasteiger partial charge in [-0.15, -0.1) is 0 Å². The van der Waals surface area contributed by atoms with Crippen molar-refractivity contribution in [1.82, 2.24) is 20.9 Å². The number of likely N-dealkylation sites (N-methyl/N-ethyl adjacent to an activating group) is 1. The summed E-state index contributed by atoms with van der Waals surface area (Å²) in [5.74, 6) is -1.39. The lowest BCUT2D eigenvalue weighted by atomic mass is 10.2. The van der Waals surface area contributed by atoms with E-state index in [0.29, 0.717) is 13.0 Å². The molecule has 0 saturated carbocycles. The minimum Gasteiger partial charge on any atom is -0.351 e. The molecule has 1 saturated heterocycles. The van der Waals surface area contributed by atoms with Crippen LogP contribution in [0.3, 0.4) is 0 Å². The van der Waals surface area contributed by atoms with Crippen molar-refractivity contribution in [2.24, 2.45) is 0 Å². The molecule has 1 aliphatic heterocycles. The van der Waals surface area contributed by atoms with Crippen LogP contribution < -0.4 is 16.0 Å². The van der Waals surface area contributed by atoms with Gasteiger partial charge in [-0.3, -0.25) is 19.8 Å². The number of amides is 4. The van der Waals surface area contributed by atoms with Crippen LogP contribution in [0.4, 0.5) is 9.18 Å². The van der Waals surface area contributed by atoms with Crippen molar-refractivity contribution in [2.75, 3.05) is 31.1 Å². The quantitative estimate of drug-likeness (QED) is 0.526. The van der Waals surface area contributed by atoms with Crippen molar-refractivity contribution in [3.63, 3.8) is 0 Å². The van der Waals surface area contributed by atoms with Gasteiger partial charge < -0.3 is 10.6 Å². The van der Waals surface area contributed by atoms with Crippen LogP contribution in [0.25, 0.3) is 0 Å². The van der Waals surface area contributed by atoms with Gasteiger partial charge in [-0.2, -0.15) is 0 Å². The molecule has 9 nitrogen and oxygen atoms in total. The number of carbonyl (C=O) groups is 3. The number of benzene rings is 1. The van der Waals surface area contributed by atoms with Gasteiger partial charge in [0.25, 0.3) is 0 Å². The Morgan fingerprint density at radius 1 is 1.14 bits per heavy atom. The topological polar surface area (TPSA) is 125 Å². The molecule has 3 N–H and O–H groups in total. The van der Waals surface area contributed by atoms with Gasteiger partial charge in [-0.1, -0.05) is 19.1 Å². The maximum absolute atomic E-state index is 12.9. The normalized spacial score (nSPS) is 17.7. The summed E-state index contributed by atoms with van der Waals surface area (Å²) >= 11 is 0. The zero-order valence-corrected chi connectivity index (χ0v) is 16.9. The van der Waals surface area contributed by atoms with Gasteiger partial charge in [0, 0.05) is 12.6 Å². The molecule has 1 aliphatic rings. The standard InChI is InChI=1S/C18H25FN4O5S/c1-2-23(10-16(24)20-9-13-3-5-14(19)6-4-13)11-17(25)22-18(26)21-15-7-8-29(27,28)12-15/h3-6,15H,2,7-12H2,1H3,(H,20,24)(H2,21,22,25,26). The fourth-order valence-corrected chi connectivity index (χ4v) is 4.51. The minimum absolute atomic E-state index is 0.0164. The third-order valence-corrected chi connectivity index (χ3v) is 6.17. The summed E-state index contributed by atoms with van der Waals surface area (Å²) in [4.78, 5) is 37.4. The Morgan fingerprint density at radius 3 is 2.38 bits per heavy atom. The Hall–Kier alpha value is -2.53. The number of nitrogens with zero attached hydrogens (tertiary/aromatic N) is 1. The van der Waals surface area contributed by atoms with Crippen LogP contribution in [0.15, 0.2) is 24.3 Å². The first kappa shape index (κ1) is 22.8. The largest absolute Gasteiger partial charge is 0.351 e. The summed E-state index contributed by atoms with van der Waals surface area (Å²) in [5.41, 5.74) is 0.742. The Kier molecular flexibility index (Phi) is 8.09. The van der Waals surface area contributed by atoms with Gasteiger partial charge >= 0.3 is 6.03 Å². The summed E-state index contributed by atoms with van der Waals surface area (Å²) in [7, 11) is -3.13. The van der Waals surface area contributed by atoms with Crippen LogP contribution >= 0.6 is 0 Å². The van der Waals surface area contributed by atoms with Gasteiger partial charge in [0.05, 0.1) is 24.6 Å². The molecule has 1 unspecified atom stereocenters. The number of nitrogens with one attached hydrogen (secondary N) is 3. The van der Waals surface area contributed by atoms with Gasteiger partial charge in [0.1, 0.15) is 5.82 Å². The lowest BCUT2D eigenvalue weighted by Crippen LogP contribution is -2.49. The van der Waals surface area contributed by atoms with E-state index in [1.165, 1.54) is 12.1 Å². The monoisotopic (exact) mass is 428 g/mol. The maximum atomic E-state index is 12.9. The number of carbonyl (C=O) groups excluding carboxylic acids is 3. The van der Waals surface area contributed by atoms with Gasteiger partial charge in [0.2, 0.25) is 11.8 Å². The first-order valence-electron chi connectivity index (χ1n) is 9.21. The van der Waals surface area contributed by atoms with Crippen LogP contribution in [-0.2, 0) is 26.0 Å². The van der Waals surface area contributed by atoms with Crippen molar-refractivity contribution in [3.8, 4) is 0 Å². The molecular weight excluding hydrogens is 403 g/mol. The van der Waals surface area contributed by atoms with E-state index >= 15 is 0 Å². The lowest BCUT2D eigenvalue weighted by Gasteiger charge is -2.19. The van der Waals surface area contributed by atoms with E-state index in [9.17, 15) is 27.2 Å². The van der Waals surface area contributed by atoms with Crippen molar-refractivity contribution in [1.29, 1.82) is 0 Å². The first-order chi connectivity index (χ1) is 13.7. The highest BCUT2D eigenvalue weighted by Crippen LogP contribution is 2.10. The molecule has 0 aromatic heterocycles. The third-order valence-electron chi connectivity index (χ3n) is 4.41. The lowest BCUT2D eigenvalue weighted by molar-refractivity contribution is -0.124. The molecule has 0 radical (unpaired) electrons. The second kappa shape index (κ2) is 10.3. The highest BCUT2D eigenvalue weighted by atomic mass is 32.2. The van der Waals surface area contributed by atoms with Crippen molar-refractivity contribution < 1.29 is 27.2 Å². The summed E-state index contributed by atoms with van der Waals surface area (Å²) in [6, 6.07) is 4.47. The van der Waals surface area contributed by atoms with E-state index < -0.39 is 27.8 Å². The highest BCUT2D eigenvalue weighted by Gasteiger charge is 2.29. The van der Waals surface area contributed by atoms with Crippen molar-refractivity contribution in [2.45, 2.75) is 25.9 Å². The van der Waals surface area contributed by atoms with Crippen LogP contribution in [0, 0.1) is 5.82 Å². The Labute approximate surface area is 168 Å². The Bertz CT molecular complexity index is 844. The molecule has 1 atom stereocenters. The molecule has 1 heterocycles. The second-order valence-corrected chi connectivity index (χ2v) is 9.06. The molecule has 0 aliphatic carbocycles. The summed E-state index contributed by atoms with van der Waals surface area (Å²) in [6.45, 7) is 2.18. The second-order valence-electron chi connectivity index (χ2n) is 6.83. The van der Waals surface area contributed by atoms with Crippen LogP contribution in [0.1, 0.15) is 18.9 Å². The fourth-order valence-electron chi connectivity index (χ4n) is 2.84. The molecular formula is C18H25FN4O5S. The minimum atomic E-state index is -3.13. The Balaban J connectivity index is 1.71.